The summed E-state index contributed by atoms with van der Waals surface area (Å²) in [5, 5.41) is 1.16. The Hall–Kier alpha value is -1.52. The standard InChI is InChI=1S/C24H32O4Se/c1-17-18(2)24(15-27-13-19-5-9-21(25-3)10-6-19)29-16-23(17)28-14-20-7-11-22(26-4)12-8-20/h5-12,17-18,23-24H,13-16H2,1-4H3/t17?,18-,23+,24?/m0/s1. The number of methoxy groups -OCH3 is 2. The summed E-state index contributed by atoms with van der Waals surface area (Å²) in [5.41, 5.74) is 2.39. The fraction of sp³-hybridized carbons (Fsp3) is 0.500. The van der Waals surface area contributed by atoms with E-state index in [1.807, 2.05) is 24.3 Å². The molecule has 0 aromatic heterocycles. The number of ether oxygens (including phenoxy) is 4. The average molecular weight is 463 g/mol. The van der Waals surface area contributed by atoms with Crippen molar-refractivity contribution in [2.45, 2.75) is 43.3 Å². The quantitative estimate of drug-likeness (QED) is 0.491. The molecule has 0 N–H and O–H groups in total. The molecule has 5 heteroatoms. The summed E-state index contributed by atoms with van der Waals surface area (Å²) in [6.07, 6.45) is 0.338. The molecule has 1 heterocycles. The van der Waals surface area contributed by atoms with Crippen LogP contribution in [-0.2, 0) is 22.7 Å². The zero-order valence-corrected chi connectivity index (χ0v) is 19.5. The minimum atomic E-state index is 0.338. The van der Waals surface area contributed by atoms with Crippen LogP contribution in [0.3, 0.4) is 0 Å². The molecule has 158 valence electrons. The molecule has 4 nitrogen and oxygen atoms in total. The van der Waals surface area contributed by atoms with Crippen molar-refractivity contribution >= 4 is 15.0 Å². The van der Waals surface area contributed by atoms with E-state index in [0.717, 1.165) is 23.4 Å². The number of hydrogen-bond acceptors (Lipinski definition) is 4. The molecule has 2 unspecified atom stereocenters. The van der Waals surface area contributed by atoms with E-state index < -0.39 is 0 Å². The summed E-state index contributed by atoms with van der Waals surface area (Å²) in [6, 6.07) is 16.3. The van der Waals surface area contributed by atoms with Crippen LogP contribution in [0.4, 0.5) is 0 Å². The summed E-state index contributed by atoms with van der Waals surface area (Å²) in [6.45, 7) is 6.85. The van der Waals surface area contributed by atoms with E-state index in [1.165, 1.54) is 11.1 Å². The second-order valence-corrected chi connectivity index (χ2v) is 10.3. The summed E-state index contributed by atoms with van der Waals surface area (Å²) in [7, 11) is 3.38. The Bertz CT molecular complexity index is 730. The fourth-order valence-electron chi connectivity index (χ4n) is 3.54. The van der Waals surface area contributed by atoms with E-state index in [9.17, 15) is 0 Å². The van der Waals surface area contributed by atoms with Gasteiger partial charge in [-0.1, -0.05) is 0 Å². The summed E-state index contributed by atoms with van der Waals surface area (Å²) in [4.78, 5) is 0.650. The Morgan fingerprint density at radius 3 is 1.90 bits per heavy atom. The normalized spacial score (nSPS) is 24.3. The van der Waals surface area contributed by atoms with Gasteiger partial charge in [-0.15, -0.1) is 0 Å². The van der Waals surface area contributed by atoms with Gasteiger partial charge in [0.1, 0.15) is 0 Å². The third-order valence-electron chi connectivity index (χ3n) is 5.81. The van der Waals surface area contributed by atoms with E-state index in [-0.39, 0.29) is 0 Å². The predicted octanol–water partition coefficient (Wildman–Crippen LogP) is 5.00. The summed E-state index contributed by atoms with van der Waals surface area (Å²) < 4.78 is 22.8. The number of hydrogen-bond donors (Lipinski definition) is 0. The van der Waals surface area contributed by atoms with Gasteiger partial charge < -0.3 is 0 Å². The molecular formula is C24H32O4Se. The third kappa shape index (κ3) is 6.23. The van der Waals surface area contributed by atoms with Gasteiger partial charge in [0.05, 0.1) is 0 Å². The Morgan fingerprint density at radius 2 is 1.34 bits per heavy atom. The Morgan fingerprint density at radius 1 is 0.793 bits per heavy atom. The summed E-state index contributed by atoms with van der Waals surface area (Å²) in [5.74, 6) is 2.92. The molecule has 0 saturated carbocycles. The number of benzene rings is 2. The molecule has 1 aliphatic rings. The van der Waals surface area contributed by atoms with Gasteiger partial charge in [0.15, 0.2) is 0 Å². The van der Waals surface area contributed by atoms with Crippen LogP contribution in [0.5, 0.6) is 11.5 Å². The average Bonchev–Trinajstić information content (AvgIpc) is 2.77. The fourth-order valence-corrected chi connectivity index (χ4v) is 6.85. The maximum absolute atomic E-state index is 6.29. The van der Waals surface area contributed by atoms with Crippen molar-refractivity contribution in [3.8, 4) is 11.5 Å². The van der Waals surface area contributed by atoms with Crippen molar-refractivity contribution in [1.82, 2.24) is 0 Å². The second kappa shape index (κ2) is 11.0. The molecule has 29 heavy (non-hydrogen) atoms. The van der Waals surface area contributed by atoms with Gasteiger partial charge in [-0.05, 0) is 0 Å². The molecule has 1 aliphatic heterocycles. The Labute approximate surface area is 181 Å². The van der Waals surface area contributed by atoms with Crippen molar-refractivity contribution in [3.05, 3.63) is 59.7 Å². The van der Waals surface area contributed by atoms with Gasteiger partial charge in [0.25, 0.3) is 0 Å². The first-order valence-corrected chi connectivity index (χ1v) is 12.4. The molecule has 1 fully saturated rings. The van der Waals surface area contributed by atoms with E-state index >= 15 is 0 Å². The molecule has 1 saturated heterocycles. The molecule has 0 amide bonds. The Balaban J connectivity index is 1.42. The third-order valence-corrected chi connectivity index (χ3v) is 8.99. The zero-order valence-electron chi connectivity index (χ0n) is 17.8. The number of rotatable bonds is 9. The molecule has 3 rings (SSSR count). The predicted molar refractivity (Wildman–Crippen MR) is 117 cm³/mol. The molecular weight excluding hydrogens is 431 g/mol. The zero-order chi connectivity index (χ0) is 20.6. The molecule has 2 aromatic rings. The monoisotopic (exact) mass is 464 g/mol. The van der Waals surface area contributed by atoms with Crippen molar-refractivity contribution < 1.29 is 18.9 Å². The van der Waals surface area contributed by atoms with Crippen LogP contribution in [-0.4, -0.2) is 41.9 Å². The minimum absolute atomic E-state index is 0.338. The summed E-state index contributed by atoms with van der Waals surface area (Å²) >= 11 is 0.538. The van der Waals surface area contributed by atoms with Crippen LogP contribution in [0.1, 0.15) is 25.0 Å². The van der Waals surface area contributed by atoms with Crippen LogP contribution in [0.25, 0.3) is 0 Å². The van der Waals surface area contributed by atoms with E-state index in [4.69, 9.17) is 18.9 Å². The van der Waals surface area contributed by atoms with Gasteiger partial charge in [-0.25, -0.2) is 0 Å². The van der Waals surface area contributed by atoms with Gasteiger partial charge >= 0.3 is 181 Å². The molecule has 0 radical (unpaired) electrons. The maximum atomic E-state index is 6.29. The molecule has 0 bridgehead atoms. The van der Waals surface area contributed by atoms with Crippen LogP contribution < -0.4 is 9.47 Å². The second-order valence-electron chi connectivity index (χ2n) is 7.65. The van der Waals surface area contributed by atoms with E-state index in [0.29, 0.717) is 50.9 Å². The molecule has 0 spiro atoms. The van der Waals surface area contributed by atoms with E-state index in [2.05, 4.69) is 38.1 Å². The molecule has 0 aliphatic carbocycles. The van der Waals surface area contributed by atoms with E-state index in [1.54, 1.807) is 14.2 Å². The van der Waals surface area contributed by atoms with Crippen molar-refractivity contribution in [1.29, 1.82) is 0 Å². The van der Waals surface area contributed by atoms with Gasteiger partial charge in [0.2, 0.25) is 0 Å². The van der Waals surface area contributed by atoms with Crippen molar-refractivity contribution in [3.63, 3.8) is 0 Å². The van der Waals surface area contributed by atoms with Crippen molar-refractivity contribution in [2.24, 2.45) is 11.8 Å². The first-order valence-electron chi connectivity index (χ1n) is 10.2. The van der Waals surface area contributed by atoms with Crippen LogP contribution in [0, 0.1) is 11.8 Å². The van der Waals surface area contributed by atoms with Crippen LogP contribution >= 0.6 is 0 Å². The van der Waals surface area contributed by atoms with Gasteiger partial charge in [0, 0.05) is 0 Å². The van der Waals surface area contributed by atoms with Crippen LogP contribution in [0.15, 0.2) is 48.5 Å². The topological polar surface area (TPSA) is 36.9 Å². The SMILES string of the molecule is COc1ccc(COCC2[Se]C[C@@H](OCc3ccc(OC)cc3)C(C)[C@@H]2C)cc1. The molecule has 2 aromatic carbocycles. The first-order chi connectivity index (χ1) is 14.1. The van der Waals surface area contributed by atoms with Crippen LogP contribution in [0.2, 0.25) is 10.1 Å². The van der Waals surface area contributed by atoms with Crippen molar-refractivity contribution in [2.75, 3.05) is 20.8 Å². The molecule has 4 atom stereocenters. The van der Waals surface area contributed by atoms with Gasteiger partial charge in [-0.3, -0.25) is 0 Å². The van der Waals surface area contributed by atoms with Gasteiger partial charge in [-0.2, -0.15) is 0 Å². The first kappa shape index (κ1) is 22.2. The Kier molecular flexibility index (Phi) is 8.43.